The Labute approximate surface area is 132 Å². The average Bonchev–Trinajstić information content (AvgIpc) is 2.55. The zero-order valence-electron chi connectivity index (χ0n) is 13.7. The summed E-state index contributed by atoms with van der Waals surface area (Å²) in [5.41, 5.74) is 2.10. The number of nitrogens with one attached hydrogen (secondary N) is 2. The van der Waals surface area contributed by atoms with Gasteiger partial charge in [0.05, 0.1) is 26.2 Å². The highest BCUT2D eigenvalue weighted by atomic mass is 16.2. The van der Waals surface area contributed by atoms with Gasteiger partial charge in [0.15, 0.2) is 6.04 Å². The van der Waals surface area contributed by atoms with E-state index in [1.807, 2.05) is 36.1 Å². The van der Waals surface area contributed by atoms with Crippen molar-refractivity contribution >= 4 is 17.5 Å². The van der Waals surface area contributed by atoms with Crippen molar-refractivity contribution in [2.75, 3.05) is 31.5 Å². The maximum atomic E-state index is 12.4. The highest BCUT2D eigenvalue weighted by molar-refractivity contribution is 5.93. The summed E-state index contributed by atoms with van der Waals surface area (Å²) in [7, 11) is 0. The molecule has 1 atom stereocenters. The molecule has 1 heterocycles. The van der Waals surface area contributed by atoms with Gasteiger partial charge in [-0.15, -0.1) is 0 Å². The number of anilines is 1. The van der Waals surface area contributed by atoms with Crippen molar-refractivity contribution in [2.45, 2.75) is 33.2 Å². The number of piperazine rings is 1. The summed E-state index contributed by atoms with van der Waals surface area (Å²) in [5.74, 6) is 0.155. The minimum absolute atomic E-state index is 0.0375. The molecule has 5 nitrogen and oxygen atoms in total. The van der Waals surface area contributed by atoms with Gasteiger partial charge in [-0.3, -0.25) is 9.59 Å². The van der Waals surface area contributed by atoms with E-state index in [4.69, 9.17) is 0 Å². The first-order chi connectivity index (χ1) is 10.5. The van der Waals surface area contributed by atoms with Gasteiger partial charge in [0.1, 0.15) is 0 Å². The Morgan fingerprint density at radius 1 is 1.23 bits per heavy atom. The molecule has 2 N–H and O–H groups in total. The molecule has 0 saturated carbocycles. The van der Waals surface area contributed by atoms with Crippen LogP contribution in [0.1, 0.15) is 26.3 Å². The molecular weight excluding hydrogens is 278 g/mol. The summed E-state index contributed by atoms with van der Waals surface area (Å²) < 4.78 is 0. The summed E-state index contributed by atoms with van der Waals surface area (Å²) in [5, 5.41) is 2.98. The van der Waals surface area contributed by atoms with Crippen molar-refractivity contribution in [1.29, 1.82) is 0 Å². The standard InChI is InChI=1S/C17H25N3O2/c1-4-15-5-7-16(8-6-15)18-17(22)13(2)19-9-11-20(12-10-19)14(3)21/h5-8,13H,4,9-12H2,1-3H3,(H,18,22)/p+1/t13-/m1/s1. The van der Waals surface area contributed by atoms with E-state index >= 15 is 0 Å². The molecule has 1 aliphatic heterocycles. The van der Waals surface area contributed by atoms with Gasteiger partial charge in [-0.2, -0.15) is 0 Å². The molecule has 22 heavy (non-hydrogen) atoms. The van der Waals surface area contributed by atoms with E-state index in [9.17, 15) is 9.59 Å². The maximum absolute atomic E-state index is 12.4. The molecule has 0 bridgehead atoms. The van der Waals surface area contributed by atoms with Crippen LogP contribution in [0.25, 0.3) is 0 Å². The summed E-state index contributed by atoms with van der Waals surface area (Å²) >= 11 is 0. The second-order valence-corrected chi connectivity index (χ2v) is 5.93. The molecule has 1 aliphatic rings. The summed E-state index contributed by atoms with van der Waals surface area (Å²) in [4.78, 5) is 26.8. The van der Waals surface area contributed by atoms with Gasteiger partial charge in [0.25, 0.3) is 5.91 Å². The number of aryl methyl sites for hydroxylation is 1. The molecule has 0 aliphatic carbocycles. The van der Waals surface area contributed by atoms with Gasteiger partial charge < -0.3 is 15.1 Å². The molecule has 0 radical (unpaired) electrons. The molecule has 0 aromatic heterocycles. The van der Waals surface area contributed by atoms with Crippen LogP contribution in [0.3, 0.4) is 0 Å². The number of benzene rings is 1. The van der Waals surface area contributed by atoms with Gasteiger partial charge in [-0.1, -0.05) is 19.1 Å². The summed E-state index contributed by atoms with van der Waals surface area (Å²) in [6.45, 7) is 8.77. The Kier molecular flexibility index (Phi) is 5.55. The van der Waals surface area contributed by atoms with Gasteiger partial charge in [-0.25, -0.2) is 0 Å². The highest BCUT2D eigenvalue weighted by Gasteiger charge is 2.29. The van der Waals surface area contributed by atoms with Crippen molar-refractivity contribution < 1.29 is 14.5 Å². The van der Waals surface area contributed by atoms with Crippen LogP contribution >= 0.6 is 0 Å². The minimum Gasteiger partial charge on any atom is -0.332 e. The molecular formula is C17H26N3O2+. The van der Waals surface area contributed by atoms with Crippen LogP contribution in [-0.4, -0.2) is 48.9 Å². The second-order valence-electron chi connectivity index (χ2n) is 5.93. The summed E-state index contributed by atoms with van der Waals surface area (Å²) in [6.07, 6.45) is 0.995. The van der Waals surface area contributed by atoms with E-state index in [-0.39, 0.29) is 17.9 Å². The van der Waals surface area contributed by atoms with E-state index in [2.05, 4.69) is 12.2 Å². The van der Waals surface area contributed by atoms with Crippen LogP contribution in [0, 0.1) is 0 Å². The lowest BCUT2D eigenvalue weighted by atomic mass is 10.1. The quantitative estimate of drug-likeness (QED) is 0.842. The average molecular weight is 304 g/mol. The second kappa shape index (κ2) is 7.40. The number of rotatable bonds is 4. The van der Waals surface area contributed by atoms with E-state index in [0.717, 1.165) is 38.3 Å². The van der Waals surface area contributed by atoms with Gasteiger partial charge >= 0.3 is 0 Å². The molecule has 5 heteroatoms. The van der Waals surface area contributed by atoms with E-state index < -0.39 is 0 Å². The molecule has 1 fully saturated rings. The van der Waals surface area contributed by atoms with Crippen LogP contribution in [0.15, 0.2) is 24.3 Å². The predicted octanol–water partition coefficient (Wildman–Crippen LogP) is 0.323. The third-order valence-electron chi connectivity index (χ3n) is 4.49. The lowest BCUT2D eigenvalue weighted by Gasteiger charge is -2.34. The Morgan fingerprint density at radius 3 is 2.32 bits per heavy atom. The number of amides is 2. The molecule has 0 spiro atoms. The Morgan fingerprint density at radius 2 is 1.82 bits per heavy atom. The van der Waals surface area contributed by atoms with E-state index in [1.165, 1.54) is 10.5 Å². The van der Waals surface area contributed by atoms with Crippen molar-refractivity contribution in [3.63, 3.8) is 0 Å². The van der Waals surface area contributed by atoms with Crippen molar-refractivity contribution in [3.8, 4) is 0 Å². The fourth-order valence-electron chi connectivity index (χ4n) is 2.80. The SMILES string of the molecule is CCc1ccc(NC(=O)[C@@H](C)[NH+]2CCN(C(C)=O)CC2)cc1. The number of hydrogen-bond donors (Lipinski definition) is 2. The lowest BCUT2D eigenvalue weighted by Crippen LogP contribution is -3.19. The first-order valence-electron chi connectivity index (χ1n) is 8.01. The smallest absolute Gasteiger partial charge is 0.282 e. The monoisotopic (exact) mass is 304 g/mol. The number of carbonyl (C=O) groups excluding carboxylic acids is 2. The molecule has 2 rings (SSSR count). The Hall–Kier alpha value is -1.88. The van der Waals surface area contributed by atoms with Crippen LogP contribution in [0.2, 0.25) is 0 Å². The van der Waals surface area contributed by atoms with Crippen LogP contribution in [-0.2, 0) is 16.0 Å². The maximum Gasteiger partial charge on any atom is 0.282 e. The number of quaternary nitrogens is 1. The molecule has 1 aromatic rings. The topological polar surface area (TPSA) is 53.9 Å². The van der Waals surface area contributed by atoms with Crippen LogP contribution < -0.4 is 10.2 Å². The van der Waals surface area contributed by atoms with Crippen molar-refractivity contribution in [3.05, 3.63) is 29.8 Å². The Balaban J connectivity index is 1.88. The third-order valence-corrected chi connectivity index (χ3v) is 4.49. The highest BCUT2D eigenvalue weighted by Crippen LogP contribution is 2.10. The fourth-order valence-corrected chi connectivity index (χ4v) is 2.80. The first kappa shape index (κ1) is 16.5. The fraction of sp³-hybridized carbons (Fsp3) is 0.529. The molecule has 0 unspecified atom stereocenters. The zero-order chi connectivity index (χ0) is 16.1. The largest absolute Gasteiger partial charge is 0.332 e. The van der Waals surface area contributed by atoms with Crippen LogP contribution in [0.4, 0.5) is 5.69 Å². The number of nitrogens with zero attached hydrogens (tertiary/aromatic N) is 1. The number of carbonyl (C=O) groups is 2. The molecule has 1 aromatic carbocycles. The molecule has 2 amide bonds. The predicted molar refractivity (Wildman–Crippen MR) is 86.9 cm³/mol. The van der Waals surface area contributed by atoms with E-state index in [1.54, 1.807) is 6.92 Å². The van der Waals surface area contributed by atoms with E-state index in [0.29, 0.717) is 0 Å². The van der Waals surface area contributed by atoms with Crippen molar-refractivity contribution in [2.24, 2.45) is 0 Å². The first-order valence-corrected chi connectivity index (χ1v) is 8.01. The van der Waals surface area contributed by atoms with Gasteiger partial charge in [0.2, 0.25) is 5.91 Å². The van der Waals surface area contributed by atoms with Crippen molar-refractivity contribution in [1.82, 2.24) is 4.90 Å². The number of hydrogen-bond acceptors (Lipinski definition) is 2. The zero-order valence-corrected chi connectivity index (χ0v) is 13.7. The minimum atomic E-state index is -0.111. The normalized spacial score (nSPS) is 17.1. The van der Waals surface area contributed by atoms with Gasteiger partial charge in [0, 0.05) is 12.6 Å². The Bertz CT molecular complexity index is 519. The van der Waals surface area contributed by atoms with Crippen LogP contribution in [0.5, 0.6) is 0 Å². The summed E-state index contributed by atoms with van der Waals surface area (Å²) in [6, 6.07) is 7.87. The molecule has 120 valence electrons. The molecule has 1 saturated heterocycles. The van der Waals surface area contributed by atoms with Gasteiger partial charge in [-0.05, 0) is 31.0 Å². The lowest BCUT2D eigenvalue weighted by molar-refractivity contribution is -0.917. The third kappa shape index (κ3) is 4.07.